The van der Waals surface area contributed by atoms with Crippen molar-refractivity contribution in [3.05, 3.63) is 35.9 Å². The van der Waals surface area contributed by atoms with Crippen molar-refractivity contribution >= 4 is 11.8 Å². The van der Waals surface area contributed by atoms with Crippen molar-refractivity contribution in [2.75, 3.05) is 0 Å². The lowest BCUT2D eigenvalue weighted by atomic mass is 9.96. The number of esters is 1. The fourth-order valence-electron chi connectivity index (χ4n) is 1.60. The fourth-order valence-corrected chi connectivity index (χ4v) is 1.60. The highest BCUT2D eigenvalue weighted by atomic mass is 16.6. The molecule has 1 aromatic rings. The first-order valence-electron chi connectivity index (χ1n) is 6.11. The van der Waals surface area contributed by atoms with Crippen LogP contribution in [0.5, 0.6) is 0 Å². The van der Waals surface area contributed by atoms with Crippen molar-refractivity contribution in [3.8, 4) is 0 Å². The van der Waals surface area contributed by atoms with Gasteiger partial charge in [-0.3, -0.25) is 4.79 Å². The van der Waals surface area contributed by atoms with Gasteiger partial charge in [0.05, 0.1) is 0 Å². The van der Waals surface area contributed by atoms with Crippen molar-refractivity contribution in [1.82, 2.24) is 0 Å². The summed E-state index contributed by atoms with van der Waals surface area (Å²) in [5, 5.41) is 0. The van der Waals surface area contributed by atoms with Gasteiger partial charge in [-0.25, -0.2) is 4.79 Å². The maximum Gasteiger partial charge on any atom is 0.375 e. The van der Waals surface area contributed by atoms with Crippen LogP contribution in [0, 0.1) is 0 Å². The largest absolute Gasteiger partial charge is 0.454 e. The number of ether oxygens (including phenoxy) is 1. The van der Waals surface area contributed by atoms with Gasteiger partial charge in [0.25, 0.3) is 0 Å². The zero-order chi connectivity index (χ0) is 13.8. The molecule has 0 spiro atoms. The monoisotopic (exact) mass is 248 g/mol. The van der Waals surface area contributed by atoms with Crippen LogP contribution in [0.15, 0.2) is 30.3 Å². The van der Waals surface area contributed by atoms with E-state index in [1.54, 1.807) is 20.8 Å². The molecule has 0 N–H and O–H groups in total. The van der Waals surface area contributed by atoms with Gasteiger partial charge < -0.3 is 4.74 Å². The molecule has 98 valence electrons. The summed E-state index contributed by atoms with van der Waals surface area (Å²) in [4.78, 5) is 23.3. The van der Waals surface area contributed by atoms with Gasteiger partial charge in [-0.1, -0.05) is 37.3 Å². The molecule has 3 heteroatoms. The SMILES string of the molecule is CC(CC(=O)C(=O)OC(C)(C)C)c1ccccc1. The van der Waals surface area contributed by atoms with Crippen LogP contribution in [0.2, 0.25) is 0 Å². The van der Waals surface area contributed by atoms with E-state index in [1.807, 2.05) is 37.3 Å². The summed E-state index contributed by atoms with van der Waals surface area (Å²) in [6.45, 7) is 7.17. The second-order valence-corrected chi connectivity index (χ2v) is 5.44. The number of Topliss-reactive ketones (excluding diaryl/α,β-unsaturated/α-hetero) is 1. The molecule has 3 nitrogen and oxygen atoms in total. The quantitative estimate of drug-likeness (QED) is 0.607. The molecule has 0 aliphatic carbocycles. The molecule has 0 heterocycles. The van der Waals surface area contributed by atoms with Gasteiger partial charge in [-0.2, -0.15) is 0 Å². The Labute approximate surface area is 108 Å². The number of benzene rings is 1. The third-order valence-electron chi connectivity index (χ3n) is 2.49. The van der Waals surface area contributed by atoms with Crippen LogP contribution >= 0.6 is 0 Å². The Morgan fingerprint density at radius 1 is 1.17 bits per heavy atom. The zero-order valence-electron chi connectivity index (χ0n) is 11.4. The zero-order valence-corrected chi connectivity index (χ0v) is 11.4. The molecule has 0 saturated carbocycles. The van der Waals surface area contributed by atoms with E-state index >= 15 is 0 Å². The Morgan fingerprint density at radius 2 is 1.72 bits per heavy atom. The number of rotatable bonds is 4. The summed E-state index contributed by atoms with van der Waals surface area (Å²) in [6, 6.07) is 9.67. The second kappa shape index (κ2) is 5.80. The van der Waals surface area contributed by atoms with E-state index in [0.717, 1.165) is 5.56 Å². The molecular weight excluding hydrogens is 228 g/mol. The minimum atomic E-state index is -0.745. The van der Waals surface area contributed by atoms with Gasteiger partial charge >= 0.3 is 5.97 Å². The van der Waals surface area contributed by atoms with E-state index in [1.165, 1.54) is 0 Å². The molecule has 0 fully saturated rings. The maximum absolute atomic E-state index is 11.7. The van der Waals surface area contributed by atoms with E-state index in [4.69, 9.17) is 4.74 Å². The van der Waals surface area contributed by atoms with E-state index in [9.17, 15) is 9.59 Å². The number of carbonyl (C=O) groups excluding carboxylic acids is 2. The van der Waals surface area contributed by atoms with Gasteiger partial charge in [0.15, 0.2) is 0 Å². The summed E-state index contributed by atoms with van der Waals surface area (Å²) in [5.41, 5.74) is 0.428. The number of carbonyl (C=O) groups is 2. The van der Waals surface area contributed by atoms with Crippen molar-refractivity contribution in [1.29, 1.82) is 0 Å². The van der Waals surface area contributed by atoms with Crippen LogP contribution in [-0.2, 0) is 14.3 Å². The highest BCUT2D eigenvalue weighted by Crippen LogP contribution is 2.19. The van der Waals surface area contributed by atoms with Crippen LogP contribution in [0.3, 0.4) is 0 Å². The molecule has 0 radical (unpaired) electrons. The summed E-state index contributed by atoms with van der Waals surface area (Å²) in [6.07, 6.45) is 0.179. The lowest BCUT2D eigenvalue weighted by molar-refractivity contribution is -0.162. The first kappa shape index (κ1) is 14.4. The van der Waals surface area contributed by atoms with Crippen molar-refractivity contribution < 1.29 is 14.3 Å². The number of hydrogen-bond acceptors (Lipinski definition) is 3. The normalized spacial score (nSPS) is 12.9. The van der Waals surface area contributed by atoms with E-state index in [0.29, 0.717) is 0 Å². The minimum absolute atomic E-state index is 0.0196. The Morgan fingerprint density at radius 3 is 2.22 bits per heavy atom. The average Bonchev–Trinajstić information content (AvgIpc) is 2.27. The Balaban J connectivity index is 2.58. The summed E-state index contributed by atoms with van der Waals surface area (Å²) in [7, 11) is 0. The van der Waals surface area contributed by atoms with Gasteiger partial charge in [-0.05, 0) is 32.3 Å². The molecule has 1 atom stereocenters. The van der Waals surface area contributed by atoms with Gasteiger partial charge in [0.2, 0.25) is 5.78 Å². The molecule has 0 saturated heterocycles. The lowest BCUT2D eigenvalue weighted by Gasteiger charge is -2.19. The van der Waals surface area contributed by atoms with Crippen LogP contribution < -0.4 is 0 Å². The van der Waals surface area contributed by atoms with Crippen molar-refractivity contribution in [2.45, 2.75) is 45.6 Å². The van der Waals surface area contributed by atoms with E-state index < -0.39 is 17.4 Å². The van der Waals surface area contributed by atoms with E-state index in [-0.39, 0.29) is 12.3 Å². The lowest BCUT2D eigenvalue weighted by Crippen LogP contribution is -2.29. The molecule has 0 bridgehead atoms. The summed E-state index contributed by atoms with van der Waals surface area (Å²) >= 11 is 0. The fraction of sp³-hybridized carbons (Fsp3) is 0.467. The summed E-state index contributed by atoms with van der Waals surface area (Å²) < 4.78 is 5.05. The number of ketones is 1. The Hall–Kier alpha value is -1.64. The van der Waals surface area contributed by atoms with Gasteiger partial charge in [0, 0.05) is 6.42 Å². The first-order chi connectivity index (χ1) is 8.29. The predicted molar refractivity (Wildman–Crippen MR) is 70.3 cm³/mol. The molecule has 18 heavy (non-hydrogen) atoms. The van der Waals surface area contributed by atoms with Crippen LogP contribution in [0.4, 0.5) is 0 Å². The topological polar surface area (TPSA) is 43.4 Å². The van der Waals surface area contributed by atoms with Gasteiger partial charge in [0.1, 0.15) is 5.60 Å². The van der Waals surface area contributed by atoms with Gasteiger partial charge in [-0.15, -0.1) is 0 Å². The van der Waals surface area contributed by atoms with Crippen LogP contribution in [0.25, 0.3) is 0 Å². The van der Waals surface area contributed by atoms with Crippen LogP contribution in [-0.4, -0.2) is 17.4 Å². The maximum atomic E-state index is 11.7. The molecular formula is C15H20O3. The highest BCUT2D eigenvalue weighted by molar-refractivity contribution is 6.33. The van der Waals surface area contributed by atoms with Crippen molar-refractivity contribution in [2.24, 2.45) is 0 Å². The Bertz CT molecular complexity index is 415. The molecule has 0 aliphatic heterocycles. The third-order valence-corrected chi connectivity index (χ3v) is 2.49. The van der Waals surface area contributed by atoms with Crippen molar-refractivity contribution in [3.63, 3.8) is 0 Å². The summed E-state index contributed by atoms with van der Waals surface area (Å²) in [5.74, 6) is -1.20. The predicted octanol–water partition coefficient (Wildman–Crippen LogP) is 3.09. The number of hydrogen-bond donors (Lipinski definition) is 0. The smallest absolute Gasteiger partial charge is 0.375 e. The molecule has 0 aliphatic rings. The molecule has 0 amide bonds. The molecule has 0 aromatic heterocycles. The molecule has 1 rings (SSSR count). The third kappa shape index (κ3) is 4.70. The first-order valence-corrected chi connectivity index (χ1v) is 6.11. The van der Waals surface area contributed by atoms with Crippen LogP contribution in [0.1, 0.15) is 45.6 Å². The Kier molecular flexibility index (Phi) is 4.65. The average molecular weight is 248 g/mol. The minimum Gasteiger partial charge on any atom is -0.454 e. The standard InChI is InChI=1S/C15H20O3/c1-11(12-8-6-5-7-9-12)10-13(16)14(17)18-15(2,3)4/h5-9,11H,10H2,1-4H3. The van der Waals surface area contributed by atoms with E-state index in [2.05, 4.69) is 0 Å². The molecule has 1 aromatic carbocycles. The molecule has 1 unspecified atom stereocenters. The second-order valence-electron chi connectivity index (χ2n) is 5.44. The highest BCUT2D eigenvalue weighted by Gasteiger charge is 2.24.